The van der Waals surface area contributed by atoms with E-state index < -0.39 is 0 Å². The Labute approximate surface area is 155 Å². The van der Waals surface area contributed by atoms with E-state index in [0.717, 1.165) is 43.6 Å². The van der Waals surface area contributed by atoms with Gasteiger partial charge in [-0.3, -0.25) is 19.7 Å². The predicted octanol–water partition coefficient (Wildman–Crippen LogP) is 3.43. The van der Waals surface area contributed by atoms with E-state index >= 15 is 0 Å². The number of hydrogen-bond acceptors (Lipinski definition) is 5. The molecule has 134 valence electrons. The number of aryl methyl sites for hydroxylation is 1. The fraction of sp³-hybridized carbons (Fsp3) is 0.368. The van der Waals surface area contributed by atoms with E-state index in [9.17, 15) is 14.4 Å². The SMILES string of the molecule is O=C(Nc1nc2c(s1)C(=O)CCC2)c1ccc(N2CCCCC2=O)cc1. The van der Waals surface area contributed by atoms with E-state index in [4.69, 9.17) is 0 Å². The van der Waals surface area contributed by atoms with E-state index in [1.54, 1.807) is 29.2 Å². The molecule has 2 amide bonds. The number of carbonyl (C=O) groups excluding carboxylic acids is 3. The van der Waals surface area contributed by atoms with Crippen LogP contribution in [0.3, 0.4) is 0 Å². The minimum Gasteiger partial charge on any atom is -0.312 e. The van der Waals surface area contributed by atoms with E-state index in [-0.39, 0.29) is 17.6 Å². The number of fused-ring (bicyclic) bond motifs is 1. The summed E-state index contributed by atoms with van der Waals surface area (Å²) >= 11 is 1.25. The Balaban J connectivity index is 1.47. The summed E-state index contributed by atoms with van der Waals surface area (Å²) in [5, 5.41) is 3.24. The molecular weight excluding hydrogens is 350 g/mol. The van der Waals surface area contributed by atoms with E-state index in [1.807, 2.05) is 0 Å². The second kappa shape index (κ2) is 6.99. The van der Waals surface area contributed by atoms with Crippen LogP contribution in [0.1, 0.15) is 57.8 Å². The molecule has 0 radical (unpaired) electrons. The second-order valence-corrected chi connectivity index (χ2v) is 7.57. The number of aromatic nitrogens is 1. The zero-order valence-electron chi connectivity index (χ0n) is 14.3. The Kier molecular flexibility index (Phi) is 4.55. The summed E-state index contributed by atoms with van der Waals surface area (Å²) in [6.07, 6.45) is 4.68. The zero-order valence-corrected chi connectivity index (χ0v) is 15.1. The Morgan fingerprint density at radius 3 is 2.58 bits per heavy atom. The van der Waals surface area contributed by atoms with Gasteiger partial charge in [0.05, 0.1) is 10.6 Å². The molecule has 4 rings (SSSR count). The number of carbonyl (C=O) groups is 3. The van der Waals surface area contributed by atoms with Gasteiger partial charge in [-0.15, -0.1) is 0 Å². The van der Waals surface area contributed by atoms with Gasteiger partial charge in [-0.25, -0.2) is 4.98 Å². The molecular formula is C19H19N3O3S. The zero-order chi connectivity index (χ0) is 18.1. The predicted molar refractivity (Wildman–Crippen MR) is 100.0 cm³/mol. The van der Waals surface area contributed by atoms with Gasteiger partial charge in [0.2, 0.25) is 5.91 Å². The highest BCUT2D eigenvalue weighted by molar-refractivity contribution is 7.17. The number of piperidine rings is 1. The van der Waals surface area contributed by atoms with Gasteiger partial charge in [-0.1, -0.05) is 11.3 Å². The van der Waals surface area contributed by atoms with Crippen LogP contribution in [-0.2, 0) is 11.2 Å². The van der Waals surface area contributed by atoms with Gasteiger partial charge in [0.15, 0.2) is 10.9 Å². The van der Waals surface area contributed by atoms with Crippen LogP contribution in [-0.4, -0.2) is 29.1 Å². The summed E-state index contributed by atoms with van der Waals surface area (Å²) in [7, 11) is 0. The maximum absolute atomic E-state index is 12.5. The molecule has 0 unspecified atom stereocenters. The third kappa shape index (κ3) is 3.26. The van der Waals surface area contributed by atoms with Gasteiger partial charge in [0.1, 0.15) is 0 Å². The van der Waals surface area contributed by atoms with Gasteiger partial charge in [0, 0.05) is 30.6 Å². The van der Waals surface area contributed by atoms with Gasteiger partial charge in [0.25, 0.3) is 5.91 Å². The molecule has 7 heteroatoms. The lowest BCUT2D eigenvalue weighted by atomic mass is 10.0. The number of anilines is 2. The lowest BCUT2D eigenvalue weighted by Crippen LogP contribution is -2.35. The Hall–Kier alpha value is -2.54. The van der Waals surface area contributed by atoms with Crippen molar-refractivity contribution >= 4 is 39.8 Å². The highest BCUT2D eigenvalue weighted by Crippen LogP contribution is 2.30. The third-order valence-electron chi connectivity index (χ3n) is 4.75. The topological polar surface area (TPSA) is 79.4 Å². The lowest BCUT2D eigenvalue weighted by Gasteiger charge is -2.26. The molecule has 2 heterocycles. The number of nitrogens with zero attached hydrogens (tertiary/aromatic N) is 2. The number of Topliss-reactive ketones (excluding diaryl/α,β-unsaturated/α-hetero) is 1. The molecule has 0 saturated carbocycles. The highest BCUT2D eigenvalue weighted by Gasteiger charge is 2.23. The van der Waals surface area contributed by atoms with Crippen LogP contribution in [0.25, 0.3) is 0 Å². The van der Waals surface area contributed by atoms with Crippen LogP contribution < -0.4 is 10.2 Å². The van der Waals surface area contributed by atoms with E-state index in [2.05, 4.69) is 10.3 Å². The number of benzene rings is 1. The summed E-state index contributed by atoms with van der Waals surface area (Å²) in [6.45, 7) is 0.725. The fourth-order valence-corrected chi connectivity index (χ4v) is 4.34. The van der Waals surface area contributed by atoms with Crippen molar-refractivity contribution in [2.75, 3.05) is 16.8 Å². The molecule has 1 fully saturated rings. The number of thiazole rings is 1. The van der Waals surface area contributed by atoms with Crippen molar-refractivity contribution in [1.82, 2.24) is 4.98 Å². The number of amides is 2. The van der Waals surface area contributed by atoms with Crippen LogP contribution in [0.2, 0.25) is 0 Å². The van der Waals surface area contributed by atoms with Gasteiger partial charge in [-0.05, 0) is 49.9 Å². The van der Waals surface area contributed by atoms with Gasteiger partial charge >= 0.3 is 0 Å². The van der Waals surface area contributed by atoms with Crippen molar-refractivity contribution in [2.45, 2.75) is 38.5 Å². The minimum atomic E-state index is -0.264. The standard InChI is InChI=1S/C19H19N3O3S/c23-15-5-3-4-14-17(15)26-19(20-14)21-18(25)12-7-9-13(10-8-12)22-11-2-1-6-16(22)24/h7-10H,1-6,11H2,(H,20,21,25). The Morgan fingerprint density at radius 1 is 1.04 bits per heavy atom. The molecule has 2 aliphatic rings. The number of ketones is 1. The van der Waals surface area contributed by atoms with Crippen molar-refractivity contribution in [1.29, 1.82) is 0 Å². The lowest BCUT2D eigenvalue weighted by molar-refractivity contribution is -0.119. The summed E-state index contributed by atoms with van der Waals surface area (Å²) < 4.78 is 0. The van der Waals surface area contributed by atoms with Gasteiger partial charge in [-0.2, -0.15) is 0 Å². The first-order valence-corrected chi connectivity index (χ1v) is 9.68. The highest BCUT2D eigenvalue weighted by atomic mass is 32.1. The Bertz CT molecular complexity index is 873. The summed E-state index contributed by atoms with van der Waals surface area (Å²) in [5.41, 5.74) is 2.11. The van der Waals surface area contributed by atoms with E-state index in [1.165, 1.54) is 11.3 Å². The molecule has 0 atom stereocenters. The van der Waals surface area contributed by atoms with Crippen LogP contribution in [0.4, 0.5) is 10.8 Å². The van der Waals surface area contributed by atoms with Crippen molar-refractivity contribution in [3.8, 4) is 0 Å². The number of nitrogens with one attached hydrogen (secondary N) is 1. The fourth-order valence-electron chi connectivity index (χ4n) is 3.36. The third-order valence-corrected chi connectivity index (χ3v) is 5.81. The van der Waals surface area contributed by atoms with Crippen molar-refractivity contribution < 1.29 is 14.4 Å². The summed E-state index contributed by atoms with van der Waals surface area (Å²) in [4.78, 5) is 43.2. The summed E-state index contributed by atoms with van der Waals surface area (Å²) in [5.74, 6) is -0.0219. The molecule has 1 saturated heterocycles. The molecule has 2 aromatic rings. The van der Waals surface area contributed by atoms with Crippen LogP contribution in [0.15, 0.2) is 24.3 Å². The van der Waals surface area contributed by atoms with Crippen LogP contribution in [0, 0.1) is 0 Å². The maximum Gasteiger partial charge on any atom is 0.257 e. The first-order chi connectivity index (χ1) is 12.6. The molecule has 1 aliphatic carbocycles. The van der Waals surface area contributed by atoms with E-state index in [0.29, 0.717) is 28.4 Å². The van der Waals surface area contributed by atoms with Crippen molar-refractivity contribution in [3.63, 3.8) is 0 Å². The molecule has 0 bridgehead atoms. The number of hydrogen-bond donors (Lipinski definition) is 1. The quantitative estimate of drug-likeness (QED) is 0.899. The molecule has 0 spiro atoms. The molecule has 6 nitrogen and oxygen atoms in total. The monoisotopic (exact) mass is 369 g/mol. The minimum absolute atomic E-state index is 0.111. The van der Waals surface area contributed by atoms with Crippen LogP contribution in [0.5, 0.6) is 0 Å². The summed E-state index contributed by atoms with van der Waals surface area (Å²) in [6, 6.07) is 7.03. The number of rotatable bonds is 3. The molecule has 26 heavy (non-hydrogen) atoms. The van der Waals surface area contributed by atoms with Crippen LogP contribution >= 0.6 is 11.3 Å². The Morgan fingerprint density at radius 2 is 1.85 bits per heavy atom. The largest absolute Gasteiger partial charge is 0.312 e. The molecule has 1 N–H and O–H groups in total. The maximum atomic E-state index is 12.5. The first kappa shape index (κ1) is 16.9. The molecule has 1 aromatic heterocycles. The van der Waals surface area contributed by atoms with Crippen molar-refractivity contribution in [3.05, 3.63) is 40.4 Å². The molecule has 1 aliphatic heterocycles. The smallest absolute Gasteiger partial charge is 0.257 e. The van der Waals surface area contributed by atoms with Gasteiger partial charge < -0.3 is 4.90 Å². The average Bonchev–Trinajstić information content (AvgIpc) is 3.06. The molecule has 1 aromatic carbocycles. The normalized spacial score (nSPS) is 17.2. The first-order valence-electron chi connectivity index (χ1n) is 8.86. The second-order valence-electron chi connectivity index (χ2n) is 6.58. The average molecular weight is 369 g/mol. The van der Waals surface area contributed by atoms with Crippen molar-refractivity contribution in [2.24, 2.45) is 0 Å².